The maximum atomic E-state index is 12.8. The van der Waals surface area contributed by atoms with Crippen LogP contribution < -0.4 is 0 Å². The molecule has 0 spiro atoms. The highest BCUT2D eigenvalue weighted by Gasteiger charge is 2.09. The number of thioether (sulfide) groups is 1. The summed E-state index contributed by atoms with van der Waals surface area (Å²) in [5.41, 5.74) is 2.18. The fourth-order valence-corrected chi connectivity index (χ4v) is 3.45. The quantitative estimate of drug-likeness (QED) is 0.750. The molecule has 1 heterocycles. The van der Waals surface area contributed by atoms with Gasteiger partial charge in [0.15, 0.2) is 4.34 Å². The SMILES string of the molecule is Cc1csc(SC(C)c2ccc(F)cc2)n1. The standard InChI is InChI=1S/C12H12FNS2/c1-8-7-15-12(14-8)16-9(2)10-3-5-11(13)6-4-10/h3-7,9H,1-2H3. The van der Waals surface area contributed by atoms with E-state index in [1.54, 1.807) is 23.1 Å². The van der Waals surface area contributed by atoms with Crippen LogP contribution in [0, 0.1) is 12.7 Å². The van der Waals surface area contributed by atoms with Crippen molar-refractivity contribution in [3.05, 3.63) is 46.7 Å². The molecule has 84 valence electrons. The van der Waals surface area contributed by atoms with Crippen LogP contribution in [0.5, 0.6) is 0 Å². The minimum atomic E-state index is -0.189. The molecule has 1 aromatic carbocycles. The fourth-order valence-electron chi connectivity index (χ4n) is 1.34. The van der Waals surface area contributed by atoms with E-state index >= 15 is 0 Å². The number of thiazole rings is 1. The van der Waals surface area contributed by atoms with Crippen molar-refractivity contribution in [1.29, 1.82) is 0 Å². The van der Waals surface area contributed by atoms with Crippen molar-refractivity contribution >= 4 is 23.1 Å². The van der Waals surface area contributed by atoms with Crippen molar-refractivity contribution in [1.82, 2.24) is 4.98 Å². The summed E-state index contributed by atoms with van der Waals surface area (Å²) in [6, 6.07) is 6.65. The first-order valence-electron chi connectivity index (χ1n) is 4.99. The Hall–Kier alpha value is -0.870. The molecule has 0 amide bonds. The summed E-state index contributed by atoms with van der Waals surface area (Å²) in [6.07, 6.45) is 0. The number of hydrogen-bond donors (Lipinski definition) is 0. The maximum Gasteiger partial charge on any atom is 0.150 e. The van der Waals surface area contributed by atoms with E-state index in [1.165, 1.54) is 12.1 Å². The van der Waals surface area contributed by atoms with Gasteiger partial charge in [-0.25, -0.2) is 9.37 Å². The highest BCUT2D eigenvalue weighted by molar-refractivity contribution is 8.01. The molecule has 1 nitrogen and oxygen atoms in total. The molecule has 0 saturated carbocycles. The average Bonchev–Trinajstić information content (AvgIpc) is 2.65. The van der Waals surface area contributed by atoms with Gasteiger partial charge in [0.1, 0.15) is 5.82 Å². The van der Waals surface area contributed by atoms with E-state index in [1.807, 2.05) is 24.4 Å². The van der Waals surface area contributed by atoms with Gasteiger partial charge in [-0.3, -0.25) is 0 Å². The Labute approximate surface area is 103 Å². The minimum absolute atomic E-state index is 0.189. The number of benzene rings is 1. The number of rotatable bonds is 3. The van der Waals surface area contributed by atoms with Crippen molar-refractivity contribution in [2.24, 2.45) is 0 Å². The number of hydrogen-bond acceptors (Lipinski definition) is 3. The molecule has 2 rings (SSSR count). The molecule has 4 heteroatoms. The number of aromatic nitrogens is 1. The zero-order valence-electron chi connectivity index (χ0n) is 9.11. The lowest BCUT2D eigenvalue weighted by molar-refractivity contribution is 0.627. The van der Waals surface area contributed by atoms with Gasteiger partial charge in [0, 0.05) is 16.3 Å². The lowest BCUT2D eigenvalue weighted by atomic mass is 10.2. The molecular weight excluding hydrogens is 241 g/mol. The summed E-state index contributed by atoms with van der Waals surface area (Å²) < 4.78 is 13.8. The summed E-state index contributed by atoms with van der Waals surface area (Å²) >= 11 is 3.36. The summed E-state index contributed by atoms with van der Waals surface area (Å²) in [4.78, 5) is 4.40. The van der Waals surface area contributed by atoms with Gasteiger partial charge in [-0.2, -0.15) is 0 Å². The lowest BCUT2D eigenvalue weighted by Crippen LogP contribution is -1.88. The van der Waals surface area contributed by atoms with E-state index in [2.05, 4.69) is 11.9 Å². The molecular formula is C12H12FNS2. The normalized spacial score (nSPS) is 12.7. The Kier molecular flexibility index (Phi) is 3.61. The second-order valence-electron chi connectivity index (χ2n) is 3.57. The highest BCUT2D eigenvalue weighted by Crippen LogP contribution is 2.36. The monoisotopic (exact) mass is 253 g/mol. The molecule has 0 fully saturated rings. The molecule has 16 heavy (non-hydrogen) atoms. The highest BCUT2D eigenvalue weighted by atomic mass is 32.2. The van der Waals surface area contributed by atoms with Gasteiger partial charge in [-0.05, 0) is 31.5 Å². The summed E-state index contributed by atoms with van der Waals surface area (Å²) in [6.45, 7) is 4.09. The average molecular weight is 253 g/mol. The fraction of sp³-hybridized carbons (Fsp3) is 0.250. The molecule has 0 N–H and O–H groups in total. The smallest absolute Gasteiger partial charge is 0.150 e. The van der Waals surface area contributed by atoms with Gasteiger partial charge in [-0.15, -0.1) is 11.3 Å². The molecule has 1 aromatic heterocycles. The van der Waals surface area contributed by atoms with Crippen LogP contribution in [0.3, 0.4) is 0 Å². The number of halogens is 1. The van der Waals surface area contributed by atoms with E-state index in [-0.39, 0.29) is 5.82 Å². The van der Waals surface area contributed by atoms with Crippen molar-refractivity contribution in [3.63, 3.8) is 0 Å². The molecule has 0 bridgehead atoms. The molecule has 1 atom stereocenters. The third kappa shape index (κ3) is 2.83. The predicted molar refractivity (Wildman–Crippen MR) is 67.5 cm³/mol. The van der Waals surface area contributed by atoms with Crippen molar-refractivity contribution in [2.75, 3.05) is 0 Å². The first kappa shape index (κ1) is 11.6. The van der Waals surface area contributed by atoms with E-state index in [9.17, 15) is 4.39 Å². The Morgan fingerprint density at radius 2 is 2.00 bits per heavy atom. The molecule has 0 saturated heterocycles. The summed E-state index contributed by atoms with van der Waals surface area (Å²) in [5, 5.41) is 2.34. The Balaban J connectivity index is 2.08. The molecule has 0 aliphatic carbocycles. The largest absolute Gasteiger partial charge is 0.235 e. The zero-order chi connectivity index (χ0) is 11.5. The molecule has 1 unspecified atom stereocenters. The molecule has 2 aromatic rings. The Bertz CT molecular complexity index is 464. The molecule has 0 radical (unpaired) electrons. The van der Waals surface area contributed by atoms with Crippen LogP contribution in [0.4, 0.5) is 4.39 Å². The van der Waals surface area contributed by atoms with E-state index in [0.29, 0.717) is 5.25 Å². The van der Waals surface area contributed by atoms with Crippen LogP contribution in [-0.2, 0) is 0 Å². The predicted octanol–water partition coefficient (Wildman–Crippen LogP) is 4.44. The first-order valence-corrected chi connectivity index (χ1v) is 6.75. The lowest BCUT2D eigenvalue weighted by Gasteiger charge is -2.08. The van der Waals surface area contributed by atoms with E-state index in [4.69, 9.17) is 0 Å². The summed E-state index contributed by atoms with van der Waals surface area (Å²) in [5.74, 6) is -0.189. The van der Waals surface area contributed by atoms with Gasteiger partial charge in [0.2, 0.25) is 0 Å². The molecule has 0 aliphatic rings. The van der Waals surface area contributed by atoms with Crippen LogP contribution in [-0.4, -0.2) is 4.98 Å². The molecule has 0 aliphatic heterocycles. The van der Waals surface area contributed by atoms with Crippen LogP contribution in [0.2, 0.25) is 0 Å². The Morgan fingerprint density at radius 3 is 2.56 bits per heavy atom. The third-order valence-electron chi connectivity index (χ3n) is 2.21. The van der Waals surface area contributed by atoms with Crippen LogP contribution in [0.15, 0.2) is 34.0 Å². The zero-order valence-corrected chi connectivity index (χ0v) is 10.7. The second-order valence-corrected chi connectivity index (χ2v) is 6.01. The topological polar surface area (TPSA) is 12.9 Å². The van der Waals surface area contributed by atoms with Gasteiger partial charge in [0.05, 0.1) is 0 Å². The number of nitrogens with zero attached hydrogens (tertiary/aromatic N) is 1. The second kappa shape index (κ2) is 4.97. The van der Waals surface area contributed by atoms with E-state index < -0.39 is 0 Å². The van der Waals surface area contributed by atoms with Crippen molar-refractivity contribution in [2.45, 2.75) is 23.4 Å². The van der Waals surface area contributed by atoms with Gasteiger partial charge >= 0.3 is 0 Å². The first-order chi connectivity index (χ1) is 7.65. The van der Waals surface area contributed by atoms with Gasteiger partial charge in [0.25, 0.3) is 0 Å². The third-order valence-corrected chi connectivity index (χ3v) is 4.46. The van der Waals surface area contributed by atoms with Gasteiger partial charge in [-0.1, -0.05) is 23.9 Å². The van der Waals surface area contributed by atoms with Crippen molar-refractivity contribution < 1.29 is 4.39 Å². The van der Waals surface area contributed by atoms with Crippen molar-refractivity contribution in [3.8, 4) is 0 Å². The van der Waals surface area contributed by atoms with Crippen LogP contribution in [0.1, 0.15) is 23.4 Å². The maximum absolute atomic E-state index is 12.8. The number of aryl methyl sites for hydroxylation is 1. The minimum Gasteiger partial charge on any atom is -0.235 e. The van der Waals surface area contributed by atoms with E-state index in [0.717, 1.165) is 15.6 Å². The van der Waals surface area contributed by atoms with Crippen LogP contribution in [0.25, 0.3) is 0 Å². The Morgan fingerprint density at radius 1 is 1.31 bits per heavy atom. The summed E-state index contributed by atoms with van der Waals surface area (Å²) in [7, 11) is 0. The van der Waals surface area contributed by atoms with Crippen LogP contribution >= 0.6 is 23.1 Å². The van der Waals surface area contributed by atoms with Gasteiger partial charge < -0.3 is 0 Å².